The summed E-state index contributed by atoms with van der Waals surface area (Å²) in [5, 5.41) is 6.14. The van der Waals surface area contributed by atoms with Crippen LogP contribution in [-0.2, 0) is 6.18 Å². The SMILES string of the molecule is CCN(CCNC(=O)c1cnn(-c2ccc(OC(F)(F)F)cc2)c1C(F)(F)F)c1cccc(C)c1. The van der Waals surface area contributed by atoms with Crippen LogP contribution in [0.25, 0.3) is 5.69 Å². The summed E-state index contributed by atoms with van der Waals surface area (Å²) in [6.45, 7) is 4.92. The molecule has 0 unspecified atom stereocenters. The summed E-state index contributed by atoms with van der Waals surface area (Å²) in [6, 6.07) is 11.4. The number of aromatic nitrogens is 2. The van der Waals surface area contributed by atoms with Crippen LogP contribution >= 0.6 is 0 Å². The van der Waals surface area contributed by atoms with Gasteiger partial charge >= 0.3 is 12.5 Å². The number of hydrogen-bond donors (Lipinski definition) is 1. The van der Waals surface area contributed by atoms with Crippen LogP contribution < -0.4 is 15.0 Å². The molecule has 0 fully saturated rings. The molecule has 0 saturated heterocycles. The zero-order chi connectivity index (χ0) is 25.8. The minimum atomic E-state index is -4.96. The first-order chi connectivity index (χ1) is 16.4. The number of amides is 1. The second-order valence-electron chi connectivity index (χ2n) is 7.53. The smallest absolute Gasteiger partial charge is 0.406 e. The van der Waals surface area contributed by atoms with Crippen LogP contribution in [0.2, 0.25) is 0 Å². The molecule has 12 heteroatoms. The summed E-state index contributed by atoms with van der Waals surface area (Å²) in [6.07, 6.45) is -9.12. The first-order valence-corrected chi connectivity index (χ1v) is 10.5. The third-order valence-electron chi connectivity index (χ3n) is 5.01. The van der Waals surface area contributed by atoms with Gasteiger partial charge in [-0.3, -0.25) is 4.79 Å². The highest BCUT2D eigenvalue weighted by Crippen LogP contribution is 2.34. The molecule has 0 atom stereocenters. The minimum Gasteiger partial charge on any atom is -0.406 e. The van der Waals surface area contributed by atoms with Gasteiger partial charge < -0.3 is 15.0 Å². The highest BCUT2D eigenvalue weighted by molar-refractivity contribution is 5.95. The number of nitrogens with zero attached hydrogens (tertiary/aromatic N) is 3. The van der Waals surface area contributed by atoms with Crippen molar-refractivity contribution in [3.05, 3.63) is 71.5 Å². The Morgan fingerprint density at radius 3 is 2.34 bits per heavy atom. The number of ether oxygens (including phenoxy) is 1. The number of likely N-dealkylation sites (N-methyl/N-ethyl adjacent to an activating group) is 1. The van der Waals surface area contributed by atoms with E-state index in [2.05, 4.69) is 15.2 Å². The predicted molar refractivity (Wildman–Crippen MR) is 117 cm³/mol. The van der Waals surface area contributed by atoms with Crippen LogP contribution in [-0.4, -0.2) is 41.7 Å². The van der Waals surface area contributed by atoms with Gasteiger partial charge in [0.25, 0.3) is 5.91 Å². The van der Waals surface area contributed by atoms with Gasteiger partial charge in [0.2, 0.25) is 0 Å². The highest BCUT2D eigenvalue weighted by Gasteiger charge is 2.40. The van der Waals surface area contributed by atoms with E-state index in [9.17, 15) is 31.1 Å². The van der Waals surface area contributed by atoms with Crippen molar-refractivity contribution in [3.8, 4) is 11.4 Å². The van der Waals surface area contributed by atoms with Crippen LogP contribution in [0, 0.1) is 6.92 Å². The lowest BCUT2D eigenvalue weighted by atomic mass is 10.2. The van der Waals surface area contributed by atoms with Crippen LogP contribution in [0.4, 0.5) is 32.0 Å². The Balaban J connectivity index is 1.76. The Morgan fingerprint density at radius 2 is 1.77 bits per heavy atom. The van der Waals surface area contributed by atoms with Crippen LogP contribution in [0.5, 0.6) is 5.75 Å². The van der Waals surface area contributed by atoms with Gasteiger partial charge in [0.1, 0.15) is 5.75 Å². The third-order valence-corrected chi connectivity index (χ3v) is 5.01. The predicted octanol–water partition coefficient (Wildman–Crippen LogP) is 5.35. The van der Waals surface area contributed by atoms with Gasteiger partial charge in [0, 0.05) is 25.3 Å². The van der Waals surface area contributed by atoms with Crippen molar-refractivity contribution in [2.24, 2.45) is 0 Å². The van der Waals surface area contributed by atoms with E-state index in [1.807, 2.05) is 43.0 Å². The molecule has 0 aliphatic rings. The molecule has 1 amide bonds. The Morgan fingerprint density at radius 1 is 1.09 bits per heavy atom. The highest BCUT2D eigenvalue weighted by atomic mass is 19.4. The Labute approximate surface area is 197 Å². The Hall–Kier alpha value is -3.70. The lowest BCUT2D eigenvalue weighted by Gasteiger charge is -2.23. The van der Waals surface area contributed by atoms with Crippen molar-refractivity contribution >= 4 is 11.6 Å². The zero-order valence-electron chi connectivity index (χ0n) is 18.7. The molecule has 6 nitrogen and oxygen atoms in total. The molecular formula is C23H22F6N4O2. The van der Waals surface area contributed by atoms with Gasteiger partial charge in [0.05, 0.1) is 17.4 Å². The lowest BCUT2D eigenvalue weighted by Crippen LogP contribution is -2.35. The summed E-state index contributed by atoms with van der Waals surface area (Å²) in [7, 11) is 0. The second kappa shape index (κ2) is 10.3. The number of nitrogens with one attached hydrogen (secondary N) is 1. The number of carbonyl (C=O) groups excluding carboxylic acids is 1. The van der Waals surface area contributed by atoms with Gasteiger partial charge in [-0.25, -0.2) is 4.68 Å². The molecule has 0 saturated carbocycles. The largest absolute Gasteiger partial charge is 0.573 e. The summed E-state index contributed by atoms with van der Waals surface area (Å²) in [4.78, 5) is 14.6. The van der Waals surface area contributed by atoms with Gasteiger partial charge in [-0.1, -0.05) is 12.1 Å². The number of hydrogen-bond acceptors (Lipinski definition) is 4. The van der Waals surface area contributed by atoms with Crippen LogP contribution in [0.15, 0.2) is 54.7 Å². The van der Waals surface area contributed by atoms with Crippen LogP contribution in [0.3, 0.4) is 0 Å². The quantitative estimate of drug-likeness (QED) is 0.424. The topological polar surface area (TPSA) is 59.4 Å². The maximum atomic E-state index is 13.8. The normalized spacial score (nSPS) is 11.9. The summed E-state index contributed by atoms with van der Waals surface area (Å²) in [5.41, 5.74) is -0.270. The third kappa shape index (κ3) is 6.67. The first kappa shape index (κ1) is 25.9. The molecule has 3 aromatic rings. The van der Waals surface area contributed by atoms with Crippen molar-refractivity contribution < 1.29 is 35.9 Å². The van der Waals surface area contributed by atoms with E-state index in [4.69, 9.17) is 0 Å². The van der Waals surface area contributed by atoms with E-state index in [0.29, 0.717) is 17.8 Å². The van der Waals surface area contributed by atoms with Crippen molar-refractivity contribution in [2.75, 3.05) is 24.5 Å². The number of rotatable bonds is 8. The molecule has 3 rings (SSSR count). The fraction of sp³-hybridized carbons (Fsp3) is 0.304. The molecule has 1 heterocycles. The fourth-order valence-electron chi connectivity index (χ4n) is 3.47. The molecule has 0 radical (unpaired) electrons. The molecule has 1 N–H and O–H groups in total. The van der Waals surface area contributed by atoms with Gasteiger partial charge in [-0.05, 0) is 55.8 Å². The minimum absolute atomic E-state index is 0.0760. The van der Waals surface area contributed by atoms with E-state index in [1.54, 1.807) is 0 Å². The molecule has 0 bridgehead atoms. The maximum absolute atomic E-state index is 13.8. The van der Waals surface area contributed by atoms with E-state index in [-0.39, 0.29) is 12.2 Å². The number of alkyl halides is 6. The Bertz CT molecular complexity index is 1160. The van der Waals surface area contributed by atoms with E-state index < -0.39 is 35.5 Å². The molecule has 0 aliphatic heterocycles. The number of carbonyl (C=O) groups is 1. The molecule has 2 aromatic carbocycles. The van der Waals surface area contributed by atoms with Gasteiger partial charge in [-0.2, -0.15) is 18.3 Å². The average molecular weight is 500 g/mol. The number of aryl methyl sites for hydroxylation is 1. The molecule has 0 spiro atoms. The van der Waals surface area contributed by atoms with E-state index in [1.165, 1.54) is 0 Å². The van der Waals surface area contributed by atoms with Crippen molar-refractivity contribution in [1.82, 2.24) is 15.1 Å². The first-order valence-electron chi connectivity index (χ1n) is 10.5. The summed E-state index contributed by atoms with van der Waals surface area (Å²) < 4.78 is 82.7. The monoisotopic (exact) mass is 500 g/mol. The molecule has 35 heavy (non-hydrogen) atoms. The summed E-state index contributed by atoms with van der Waals surface area (Å²) in [5.74, 6) is -1.57. The van der Waals surface area contributed by atoms with Crippen molar-refractivity contribution in [3.63, 3.8) is 0 Å². The second-order valence-corrected chi connectivity index (χ2v) is 7.53. The van der Waals surface area contributed by atoms with E-state index >= 15 is 0 Å². The van der Waals surface area contributed by atoms with Crippen LogP contribution in [0.1, 0.15) is 28.5 Å². The number of anilines is 1. The average Bonchev–Trinajstić information content (AvgIpc) is 3.22. The van der Waals surface area contributed by atoms with Gasteiger partial charge in [0.15, 0.2) is 5.69 Å². The Kier molecular flexibility index (Phi) is 7.61. The van der Waals surface area contributed by atoms with Gasteiger partial charge in [-0.15, -0.1) is 13.2 Å². The molecule has 1 aromatic heterocycles. The molecule has 0 aliphatic carbocycles. The van der Waals surface area contributed by atoms with Crippen molar-refractivity contribution in [2.45, 2.75) is 26.4 Å². The summed E-state index contributed by atoms with van der Waals surface area (Å²) >= 11 is 0. The molecule has 188 valence electrons. The fourth-order valence-corrected chi connectivity index (χ4v) is 3.47. The standard InChI is InChI=1S/C23H22F6N4O2/c1-3-32(17-6-4-5-15(2)13-17)12-11-30-21(34)19-14-31-33(20(19)22(24,25)26)16-7-9-18(10-8-16)35-23(27,28)29/h4-10,13-14H,3,11-12H2,1-2H3,(H,30,34). The lowest BCUT2D eigenvalue weighted by molar-refractivity contribution is -0.274. The number of benzene rings is 2. The number of halogens is 6. The van der Waals surface area contributed by atoms with E-state index in [0.717, 1.165) is 41.7 Å². The zero-order valence-corrected chi connectivity index (χ0v) is 18.7. The maximum Gasteiger partial charge on any atom is 0.573 e. The van der Waals surface area contributed by atoms with Crippen molar-refractivity contribution in [1.29, 1.82) is 0 Å². The molecular weight excluding hydrogens is 478 g/mol.